The van der Waals surface area contributed by atoms with E-state index in [4.69, 9.17) is 0 Å². The monoisotopic (exact) mass is 112 g/mol. The van der Waals surface area contributed by atoms with Crippen LogP contribution in [-0.2, 0) is 4.79 Å². The molecule has 0 atom stereocenters. The average molecular weight is 112 g/mol. The van der Waals surface area contributed by atoms with Crippen LogP contribution in [-0.4, -0.2) is 6.29 Å². The van der Waals surface area contributed by atoms with Crippen molar-refractivity contribution in [2.24, 2.45) is 0 Å². The fourth-order valence-electron chi connectivity index (χ4n) is 0.155. The van der Waals surface area contributed by atoms with E-state index >= 15 is 0 Å². The van der Waals surface area contributed by atoms with Gasteiger partial charge in [0.1, 0.15) is 6.29 Å². The molecule has 0 amide bonds. The molecule has 2 nitrogen and oxygen atoms in total. The molecule has 0 fully saturated rings. The molecule has 0 heterocycles. The summed E-state index contributed by atoms with van der Waals surface area (Å²) in [5, 5.41) is 9.46. The van der Waals surface area contributed by atoms with Gasteiger partial charge in [-0.3, -0.25) is 4.79 Å². The number of aldehydes is 1. The fourth-order valence-corrected chi connectivity index (χ4v) is 0.155. The van der Waals surface area contributed by atoms with Crippen molar-refractivity contribution in [2.45, 2.75) is 0 Å². The standard InChI is InChI=1S/C5H6O2.CH3/c6-4-2-1-3-5-7;/h1-6H;1H3/q;+1/p-1/b3-1?,4-2-;. The number of allylic oxidation sites excluding steroid dienone is 3. The number of rotatable bonds is 2. The van der Waals surface area contributed by atoms with Gasteiger partial charge in [-0.1, -0.05) is 12.2 Å². The molecular weight excluding hydrogens is 104 g/mol. The van der Waals surface area contributed by atoms with Crippen LogP contribution >= 0.6 is 0 Å². The third-order valence-electron chi connectivity index (χ3n) is 0.379. The van der Waals surface area contributed by atoms with Gasteiger partial charge >= 0.3 is 0 Å². The maximum atomic E-state index is 9.46. The van der Waals surface area contributed by atoms with E-state index in [-0.39, 0.29) is 7.43 Å². The van der Waals surface area contributed by atoms with Crippen molar-refractivity contribution < 1.29 is 9.90 Å². The topological polar surface area (TPSA) is 40.1 Å². The van der Waals surface area contributed by atoms with Gasteiger partial charge in [-0.2, -0.15) is 0 Å². The van der Waals surface area contributed by atoms with E-state index in [2.05, 4.69) is 0 Å². The first-order valence-corrected chi connectivity index (χ1v) is 1.80. The summed E-state index contributed by atoms with van der Waals surface area (Å²) in [4.78, 5) is 9.46. The Morgan fingerprint density at radius 2 is 1.75 bits per heavy atom. The molecule has 0 radical (unpaired) electrons. The lowest BCUT2D eigenvalue weighted by Crippen LogP contribution is -1.82. The Balaban J connectivity index is 0. The molecule has 44 valence electrons. The SMILES string of the molecule is O=CC=C/C=C\[O-].[CH3+]. The Hall–Kier alpha value is -1.18. The van der Waals surface area contributed by atoms with Gasteiger partial charge in [0.25, 0.3) is 0 Å². The maximum Gasteiger partial charge on any atom is 0.142 e. The molecule has 0 aromatic carbocycles. The van der Waals surface area contributed by atoms with Crippen LogP contribution in [0.25, 0.3) is 0 Å². The maximum absolute atomic E-state index is 9.46. The quantitative estimate of drug-likeness (QED) is 0.167. The molecule has 0 aromatic heterocycles. The van der Waals surface area contributed by atoms with Crippen LogP contribution in [0.4, 0.5) is 0 Å². The Morgan fingerprint density at radius 1 is 1.12 bits per heavy atom. The van der Waals surface area contributed by atoms with Crippen LogP contribution in [0, 0.1) is 7.43 Å². The summed E-state index contributed by atoms with van der Waals surface area (Å²) in [6.45, 7) is 0. The molecule has 0 spiro atoms. The number of hydrogen-bond acceptors (Lipinski definition) is 2. The second-order valence-corrected chi connectivity index (χ2v) is 0.850. The predicted octanol–water partition coefficient (Wildman–Crippen LogP) is 0.0658. The van der Waals surface area contributed by atoms with Gasteiger partial charge in [0.05, 0.1) is 0 Å². The van der Waals surface area contributed by atoms with Gasteiger partial charge in [0.15, 0.2) is 0 Å². The Morgan fingerprint density at radius 3 is 2.12 bits per heavy atom. The summed E-state index contributed by atoms with van der Waals surface area (Å²) in [6, 6.07) is 0. The molecule has 0 aliphatic carbocycles. The zero-order valence-electron chi connectivity index (χ0n) is 4.70. The van der Waals surface area contributed by atoms with E-state index in [0.29, 0.717) is 12.5 Å². The van der Waals surface area contributed by atoms with Gasteiger partial charge < -0.3 is 5.11 Å². The number of hydrogen-bond donors (Lipinski definition) is 0. The van der Waals surface area contributed by atoms with Gasteiger partial charge in [-0.05, 0) is 6.08 Å². The highest BCUT2D eigenvalue weighted by molar-refractivity contribution is 5.65. The van der Waals surface area contributed by atoms with Gasteiger partial charge in [-0.15, -0.1) is 6.26 Å². The third-order valence-corrected chi connectivity index (χ3v) is 0.379. The van der Waals surface area contributed by atoms with Crippen LogP contribution < -0.4 is 5.11 Å². The molecule has 0 saturated carbocycles. The van der Waals surface area contributed by atoms with Gasteiger partial charge in [0, 0.05) is 7.43 Å². The molecular formula is C6H8O2. The van der Waals surface area contributed by atoms with E-state index in [1.165, 1.54) is 18.2 Å². The van der Waals surface area contributed by atoms with E-state index in [1.807, 2.05) is 0 Å². The fraction of sp³-hybridized carbons (Fsp3) is 0. The van der Waals surface area contributed by atoms with Crippen molar-refractivity contribution in [3.63, 3.8) is 0 Å². The number of carbonyl (C=O) groups excluding carboxylic acids is 1. The van der Waals surface area contributed by atoms with Crippen molar-refractivity contribution in [3.8, 4) is 0 Å². The van der Waals surface area contributed by atoms with Crippen LogP contribution in [0.3, 0.4) is 0 Å². The molecule has 0 unspecified atom stereocenters. The average Bonchev–Trinajstić information content (AvgIpc) is 1.69. The molecule has 0 N–H and O–H groups in total. The second-order valence-electron chi connectivity index (χ2n) is 0.850. The minimum absolute atomic E-state index is 0. The second kappa shape index (κ2) is 9.27. The van der Waals surface area contributed by atoms with E-state index in [9.17, 15) is 9.90 Å². The number of carbonyl (C=O) groups is 1. The molecule has 0 aliphatic heterocycles. The lowest BCUT2D eigenvalue weighted by atomic mass is 10.5. The molecule has 0 aromatic rings. The van der Waals surface area contributed by atoms with Crippen molar-refractivity contribution in [1.29, 1.82) is 0 Å². The minimum atomic E-state index is 0. The first-order chi connectivity index (χ1) is 3.41. The summed E-state index contributed by atoms with van der Waals surface area (Å²) >= 11 is 0. The Bertz CT molecular complexity index is 92.7. The summed E-state index contributed by atoms with van der Waals surface area (Å²) in [5.74, 6) is 0. The zero-order chi connectivity index (χ0) is 5.54. The van der Waals surface area contributed by atoms with Crippen LogP contribution in [0.1, 0.15) is 0 Å². The first-order valence-electron chi connectivity index (χ1n) is 1.80. The highest BCUT2D eigenvalue weighted by atomic mass is 16.2. The normalized spacial score (nSPS) is 9.50. The summed E-state index contributed by atoms with van der Waals surface area (Å²) in [6.07, 6.45) is 5.09. The first kappa shape index (κ1) is 9.94. The van der Waals surface area contributed by atoms with Crippen molar-refractivity contribution in [3.05, 3.63) is 31.9 Å². The predicted molar refractivity (Wildman–Crippen MR) is 30.8 cm³/mol. The van der Waals surface area contributed by atoms with E-state index in [1.54, 1.807) is 0 Å². The highest BCUT2D eigenvalue weighted by Gasteiger charge is 1.53. The third kappa shape index (κ3) is 8.84. The van der Waals surface area contributed by atoms with E-state index in [0.717, 1.165) is 0 Å². The minimum Gasteiger partial charge on any atom is -0.878 e. The van der Waals surface area contributed by atoms with Crippen LogP contribution in [0.15, 0.2) is 24.5 Å². The summed E-state index contributed by atoms with van der Waals surface area (Å²) in [5.41, 5.74) is 0. The lowest BCUT2D eigenvalue weighted by Gasteiger charge is -1.79. The smallest absolute Gasteiger partial charge is 0.142 e. The molecule has 8 heavy (non-hydrogen) atoms. The largest absolute Gasteiger partial charge is 0.878 e. The zero-order valence-corrected chi connectivity index (χ0v) is 4.70. The van der Waals surface area contributed by atoms with Crippen molar-refractivity contribution >= 4 is 6.29 Å². The summed E-state index contributed by atoms with van der Waals surface area (Å²) < 4.78 is 0. The Kier molecular flexibility index (Phi) is 11.5. The lowest BCUT2D eigenvalue weighted by molar-refractivity contribution is -0.274. The van der Waals surface area contributed by atoms with Crippen molar-refractivity contribution in [1.82, 2.24) is 0 Å². The highest BCUT2D eigenvalue weighted by Crippen LogP contribution is 1.66. The van der Waals surface area contributed by atoms with Gasteiger partial charge in [-0.25, -0.2) is 0 Å². The molecule has 2 heteroatoms. The molecule has 0 bridgehead atoms. The molecule has 0 aliphatic rings. The Labute approximate surface area is 49.1 Å². The summed E-state index contributed by atoms with van der Waals surface area (Å²) in [7, 11) is 0. The van der Waals surface area contributed by atoms with Gasteiger partial charge in [0.2, 0.25) is 0 Å². The van der Waals surface area contributed by atoms with Crippen LogP contribution in [0.5, 0.6) is 0 Å². The molecule has 0 rings (SSSR count). The van der Waals surface area contributed by atoms with Crippen molar-refractivity contribution in [2.75, 3.05) is 0 Å². The van der Waals surface area contributed by atoms with E-state index < -0.39 is 0 Å². The molecule has 0 saturated heterocycles. The van der Waals surface area contributed by atoms with Crippen LogP contribution in [0.2, 0.25) is 0 Å².